The van der Waals surface area contributed by atoms with Gasteiger partial charge in [-0.3, -0.25) is 9.59 Å². The second kappa shape index (κ2) is 5.47. The monoisotopic (exact) mass is 298 g/mol. The molecular weight excluding hydrogens is 286 g/mol. The summed E-state index contributed by atoms with van der Waals surface area (Å²) in [5.74, 6) is -6.28. The number of nitrogens with two attached hydrogens (primary N) is 1. The summed E-state index contributed by atoms with van der Waals surface area (Å²) in [6.07, 6.45) is -0.240. The van der Waals surface area contributed by atoms with Gasteiger partial charge in [0.25, 0.3) is 0 Å². The van der Waals surface area contributed by atoms with Crippen LogP contribution in [0, 0.1) is 17.6 Å². The van der Waals surface area contributed by atoms with Gasteiger partial charge in [0.05, 0.1) is 5.92 Å². The third-order valence-corrected chi connectivity index (χ3v) is 3.38. The van der Waals surface area contributed by atoms with Crippen molar-refractivity contribution in [2.24, 2.45) is 11.7 Å². The third kappa shape index (κ3) is 2.69. The van der Waals surface area contributed by atoms with Crippen molar-refractivity contribution >= 4 is 17.8 Å². The molecule has 2 atom stereocenters. The zero-order chi connectivity index (χ0) is 15.7. The Morgan fingerprint density at radius 3 is 2.57 bits per heavy atom. The van der Waals surface area contributed by atoms with Crippen LogP contribution in [0.2, 0.25) is 0 Å². The smallest absolute Gasteiger partial charge is 0.331 e. The van der Waals surface area contributed by atoms with Crippen LogP contribution in [0.1, 0.15) is 18.0 Å². The number of rotatable bonds is 4. The van der Waals surface area contributed by atoms with Crippen LogP contribution in [0.4, 0.5) is 8.78 Å². The van der Waals surface area contributed by atoms with Crippen LogP contribution >= 0.6 is 0 Å². The minimum atomic E-state index is -1.70. The normalized spacial score (nSPS) is 19.6. The molecule has 0 aliphatic carbocycles. The molecule has 1 fully saturated rings. The Bertz CT molecular complexity index is 620. The van der Waals surface area contributed by atoms with Crippen LogP contribution in [0.15, 0.2) is 18.2 Å². The molecule has 0 bridgehead atoms. The number of hydrogen-bond donors (Lipinski definition) is 2. The fourth-order valence-corrected chi connectivity index (χ4v) is 2.34. The van der Waals surface area contributed by atoms with E-state index < -0.39 is 46.9 Å². The minimum absolute atomic E-state index is 0.235. The maximum Gasteiger partial charge on any atom is 0.331 e. The fourth-order valence-electron chi connectivity index (χ4n) is 2.34. The molecule has 2 rings (SSSR count). The summed E-state index contributed by atoms with van der Waals surface area (Å²) in [6, 6.07) is 1.38. The van der Waals surface area contributed by atoms with E-state index in [-0.39, 0.29) is 13.0 Å². The van der Waals surface area contributed by atoms with E-state index in [0.29, 0.717) is 0 Å². The second-order valence-electron chi connectivity index (χ2n) is 4.73. The molecule has 2 unspecified atom stereocenters. The number of carboxylic acid groups (broad SMARTS) is 1. The molecule has 21 heavy (non-hydrogen) atoms. The van der Waals surface area contributed by atoms with Gasteiger partial charge in [-0.15, -0.1) is 0 Å². The van der Waals surface area contributed by atoms with Crippen molar-refractivity contribution in [1.82, 2.24) is 4.90 Å². The van der Waals surface area contributed by atoms with Crippen molar-refractivity contribution in [3.63, 3.8) is 0 Å². The molecule has 1 aromatic rings. The Morgan fingerprint density at radius 2 is 2.05 bits per heavy atom. The average molecular weight is 298 g/mol. The van der Waals surface area contributed by atoms with E-state index in [1.807, 2.05) is 0 Å². The first-order valence-electron chi connectivity index (χ1n) is 6.08. The van der Waals surface area contributed by atoms with Gasteiger partial charge >= 0.3 is 5.97 Å². The van der Waals surface area contributed by atoms with Gasteiger partial charge in [0.1, 0.15) is 0 Å². The highest BCUT2D eigenvalue weighted by atomic mass is 19.2. The molecule has 0 aromatic heterocycles. The lowest BCUT2D eigenvalue weighted by Crippen LogP contribution is -2.37. The van der Waals surface area contributed by atoms with Crippen molar-refractivity contribution in [3.8, 4) is 0 Å². The zero-order valence-electron chi connectivity index (χ0n) is 10.8. The molecule has 1 saturated heterocycles. The van der Waals surface area contributed by atoms with Gasteiger partial charge in [0.15, 0.2) is 17.7 Å². The predicted molar refractivity (Wildman–Crippen MR) is 65.7 cm³/mol. The maximum absolute atomic E-state index is 13.8. The highest BCUT2D eigenvalue weighted by Gasteiger charge is 2.41. The molecule has 0 spiro atoms. The van der Waals surface area contributed by atoms with Crippen molar-refractivity contribution in [3.05, 3.63) is 35.4 Å². The van der Waals surface area contributed by atoms with Crippen molar-refractivity contribution < 1.29 is 28.3 Å². The molecule has 1 heterocycles. The molecule has 2 amide bonds. The number of carboxylic acids is 1. The quantitative estimate of drug-likeness (QED) is 0.841. The number of likely N-dealkylation sites (tertiary alicyclic amines) is 1. The third-order valence-electron chi connectivity index (χ3n) is 3.38. The van der Waals surface area contributed by atoms with E-state index in [4.69, 9.17) is 5.73 Å². The molecular formula is C13H12F2N2O4. The van der Waals surface area contributed by atoms with Crippen LogP contribution in [-0.4, -0.2) is 34.3 Å². The average Bonchev–Trinajstić information content (AvgIpc) is 2.77. The summed E-state index contributed by atoms with van der Waals surface area (Å²) in [5, 5.41) is 9.25. The highest BCUT2D eigenvalue weighted by molar-refractivity contribution is 5.91. The summed E-state index contributed by atoms with van der Waals surface area (Å²) in [5.41, 5.74) is 4.62. The first kappa shape index (κ1) is 14.9. The van der Waals surface area contributed by atoms with Crippen LogP contribution in [0.3, 0.4) is 0 Å². The summed E-state index contributed by atoms with van der Waals surface area (Å²) >= 11 is 0. The Kier molecular flexibility index (Phi) is 3.88. The molecule has 0 saturated carbocycles. The number of hydrogen-bond acceptors (Lipinski definition) is 3. The summed E-state index contributed by atoms with van der Waals surface area (Å²) in [6.45, 7) is -0.235. The highest BCUT2D eigenvalue weighted by Crippen LogP contribution is 2.31. The first-order chi connectivity index (χ1) is 9.82. The standard InChI is InChI=1S/C13H12F2N2O4/c14-8-3-1-2-7(10(8)15)11(13(20)21)17-5-6(12(16)19)4-9(17)18/h1-3,6,11H,4-5H2,(H2,16,19)(H,20,21). The lowest BCUT2D eigenvalue weighted by Gasteiger charge is -2.25. The largest absolute Gasteiger partial charge is 0.479 e. The van der Waals surface area contributed by atoms with Crippen molar-refractivity contribution in [1.29, 1.82) is 0 Å². The SMILES string of the molecule is NC(=O)C1CC(=O)N(C(C(=O)O)c2cccc(F)c2F)C1. The minimum Gasteiger partial charge on any atom is -0.479 e. The molecule has 1 aromatic carbocycles. The predicted octanol–water partition coefficient (Wildman–Crippen LogP) is 0.424. The van der Waals surface area contributed by atoms with Gasteiger partial charge in [0, 0.05) is 18.5 Å². The van der Waals surface area contributed by atoms with Gasteiger partial charge < -0.3 is 15.7 Å². The number of nitrogens with zero attached hydrogens (tertiary/aromatic N) is 1. The van der Waals surface area contributed by atoms with Crippen LogP contribution in [-0.2, 0) is 14.4 Å². The maximum atomic E-state index is 13.8. The lowest BCUT2D eigenvalue weighted by atomic mass is 10.0. The number of carbonyl (C=O) groups excluding carboxylic acids is 2. The van der Waals surface area contributed by atoms with E-state index in [1.165, 1.54) is 0 Å². The van der Waals surface area contributed by atoms with Gasteiger partial charge in [-0.05, 0) is 6.07 Å². The van der Waals surface area contributed by atoms with Gasteiger partial charge in [0.2, 0.25) is 11.8 Å². The summed E-state index contributed by atoms with van der Waals surface area (Å²) in [7, 11) is 0. The molecule has 8 heteroatoms. The Hall–Kier alpha value is -2.51. The number of benzene rings is 1. The van der Waals surface area contributed by atoms with Crippen LogP contribution in [0.5, 0.6) is 0 Å². The fraction of sp³-hybridized carbons (Fsp3) is 0.308. The van der Waals surface area contributed by atoms with Gasteiger partial charge in [-0.2, -0.15) is 0 Å². The van der Waals surface area contributed by atoms with Crippen LogP contribution in [0.25, 0.3) is 0 Å². The van der Waals surface area contributed by atoms with Crippen LogP contribution < -0.4 is 5.73 Å². The molecule has 6 nitrogen and oxygen atoms in total. The number of primary amides is 1. The van der Waals surface area contributed by atoms with Gasteiger partial charge in [-0.25, -0.2) is 13.6 Å². The topological polar surface area (TPSA) is 101 Å². The summed E-state index contributed by atoms with van der Waals surface area (Å²) < 4.78 is 27.0. The van der Waals surface area contributed by atoms with Crippen molar-refractivity contribution in [2.45, 2.75) is 12.5 Å². The Balaban J connectivity index is 2.41. The molecule has 1 aliphatic rings. The Morgan fingerprint density at radius 1 is 1.38 bits per heavy atom. The number of aliphatic carboxylic acids is 1. The molecule has 3 N–H and O–H groups in total. The molecule has 1 aliphatic heterocycles. The lowest BCUT2D eigenvalue weighted by molar-refractivity contribution is -0.148. The van der Waals surface area contributed by atoms with E-state index in [0.717, 1.165) is 23.1 Å². The van der Waals surface area contributed by atoms with Crippen molar-refractivity contribution in [2.75, 3.05) is 6.54 Å². The Labute approximate surface area is 118 Å². The second-order valence-corrected chi connectivity index (χ2v) is 4.73. The molecule has 112 valence electrons. The number of halogens is 2. The molecule has 0 radical (unpaired) electrons. The number of carbonyl (C=O) groups is 3. The van der Waals surface area contributed by atoms with E-state index >= 15 is 0 Å². The number of amides is 2. The van der Waals surface area contributed by atoms with E-state index in [2.05, 4.69) is 0 Å². The van der Waals surface area contributed by atoms with E-state index in [1.54, 1.807) is 0 Å². The van der Waals surface area contributed by atoms with E-state index in [9.17, 15) is 28.3 Å². The first-order valence-corrected chi connectivity index (χ1v) is 6.08. The summed E-state index contributed by atoms with van der Waals surface area (Å²) in [4.78, 5) is 35.2. The van der Waals surface area contributed by atoms with Gasteiger partial charge in [-0.1, -0.05) is 12.1 Å². The zero-order valence-corrected chi connectivity index (χ0v) is 10.8.